The van der Waals surface area contributed by atoms with Crippen molar-refractivity contribution in [1.82, 2.24) is 9.97 Å². The van der Waals surface area contributed by atoms with Gasteiger partial charge in [0.25, 0.3) is 0 Å². The van der Waals surface area contributed by atoms with Crippen molar-refractivity contribution in [1.29, 1.82) is 0 Å². The zero-order valence-corrected chi connectivity index (χ0v) is 22.3. The van der Waals surface area contributed by atoms with Gasteiger partial charge in [0.1, 0.15) is 17.9 Å². The number of nitrogens with zero attached hydrogens (tertiary/aromatic N) is 2. The lowest BCUT2D eigenvalue weighted by Crippen LogP contribution is -2.00. The summed E-state index contributed by atoms with van der Waals surface area (Å²) in [5.74, 6) is 1.23. The van der Waals surface area contributed by atoms with E-state index in [4.69, 9.17) is 20.3 Å². The summed E-state index contributed by atoms with van der Waals surface area (Å²) >= 11 is 0. The summed E-state index contributed by atoms with van der Waals surface area (Å²) in [5.41, 5.74) is 14.0. The van der Waals surface area contributed by atoms with Crippen molar-refractivity contribution < 1.29 is 19.1 Å². The van der Waals surface area contributed by atoms with Crippen LogP contribution in [0, 0.1) is 13.8 Å². The number of aryl methyl sites for hydroxylation is 4. The van der Waals surface area contributed by atoms with E-state index in [9.17, 15) is 4.57 Å². The van der Waals surface area contributed by atoms with Crippen LogP contribution in [0.15, 0.2) is 72.9 Å². The third kappa shape index (κ3) is 6.03. The molecule has 4 N–H and O–H groups in total. The van der Waals surface area contributed by atoms with Crippen LogP contribution in [-0.4, -0.2) is 19.8 Å². The number of pyridine rings is 2. The Balaban J connectivity index is 1.25. The van der Waals surface area contributed by atoms with Gasteiger partial charge < -0.3 is 20.3 Å². The molecule has 0 amide bonds. The minimum Gasteiger partial charge on any atom is -0.489 e. The summed E-state index contributed by atoms with van der Waals surface area (Å²) in [5, 5.41) is 2.09. The Kier molecular flexibility index (Phi) is 7.17. The second-order valence-electron chi connectivity index (χ2n) is 9.77. The third-order valence-corrected chi connectivity index (χ3v) is 7.46. The van der Waals surface area contributed by atoms with Gasteiger partial charge in [-0.05, 0) is 84.3 Å². The van der Waals surface area contributed by atoms with Gasteiger partial charge >= 0.3 is 7.60 Å². The molecule has 2 heterocycles. The van der Waals surface area contributed by atoms with Crippen LogP contribution in [0.2, 0.25) is 0 Å². The fourth-order valence-electron chi connectivity index (χ4n) is 4.66. The van der Waals surface area contributed by atoms with E-state index >= 15 is 0 Å². The zero-order valence-electron chi connectivity index (χ0n) is 21.4. The van der Waals surface area contributed by atoms with Gasteiger partial charge in [0, 0.05) is 17.0 Å². The van der Waals surface area contributed by atoms with Crippen LogP contribution in [0.25, 0.3) is 21.8 Å². The summed E-state index contributed by atoms with van der Waals surface area (Å²) in [7, 11) is -4.07. The minimum absolute atomic E-state index is 0.258. The highest BCUT2D eigenvalue weighted by Gasteiger charge is 2.14. The van der Waals surface area contributed by atoms with Crippen LogP contribution >= 0.6 is 7.60 Å². The summed E-state index contributed by atoms with van der Waals surface area (Å²) in [6.45, 7) is 4.51. The van der Waals surface area contributed by atoms with E-state index in [0.717, 1.165) is 62.7 Å². The highest BCUT2D eigenvalue weighted by atomic mass is 31.2. The van der Waals surface area contributed by atoms with Crippen LogP contribution in [0.3, 0.4) is 0 Å². The van der Waals surface area contributed by atoms with Crippen molar-refractivity contribution in [2.75, 3.05) is 5.73 Å². The predicted octanol–water partition coefficient (Wildman–Crippen LogP) is 6.02. The van der Waals surface area contributed by atoms with Crippen molar-refractivity contribution in [3.63, 3.8) is 0 Å². The van der Waals surface area contributed by atoms with E-state index in [0.29, 0.717) is 18.0 Å². The van der Waals surface area contributed by atoms with Crippen LogP contribution in [0.4, 0.5) is 5.82 Å². The molecule has 2 aromatic heterocycles. The van der Waals surface area contributed by atoms with Crippen molar-refractivity contribution in [2.24, 2.45) is 0 Å². The first-order chi connectivity index (χ1) is 18.1. The van der Waals surface area contributed by atoms with Crippen LogP contribution in [-0.2, 0) is 30.2 Å². The van der Waals surface area contributed by atoms with Gasteiger partial charge in [-0.3, -0.25) is 9.55 Å². The maximum Gasteiger partial charge on any atom is 0.329 e. The molecule has 194 valence electrons. The normalized spacial score (nSPS) is 11.8. The molecule has 7 nitrogen and oxygen atoms in total. The molecule has 0 saturated heterocycles. The highest BCUT2D eigenvalue weighted by Crippen LogP contribution is 2.39. The number of benzene rings is 3. The minimum atomic E-state index is -4.07. The molecule has 0 radical (unpaired) electrons. The number of nitrogens with two attached hydrogens (primary N) is 1. The van der Waals surface area contributed by atoms with Crippen molar-refractivity contribution in [2.45, 2.75) is 39.5 Å². The molecule has 3 aromatic carbocycles. The standard InChI is InChI=1S/C30H30N3O4P/c1-19-3-12-26-27-15-23(16-32-29(27)30(31)33-28(26)13-19)8-9-24-10-11-25(14-20(24)2)37-17-21-4-6-22(7-5-21)18-38(34,35)36/h3-7,10-16H,8-9,17-18H2,1-2H3,(H2,31,33)(H2,34,35,36). The highest BCUT2D eigenvalue weighted by molar-refractivity contribution is 7.50. The number of hydrogen-bond donors (Lipinski definition) is 3. The molecule has 5 aromatic rings. The third-order valence-electron chi connectivity index (χ3n) is 6.69. The summed E-state index contributed by atoms with van der Waals surface area (Å²) in [4.78, 5) is 27.4. The van der Waals surface area contributed by atoms with Crippen LogP contribution < -0.4 is 10.5 Å². The molecule has 0 bridgehead atoms. The Hall–Kier alpha value is -3.77. The summed E-state index contributed by atoms with van der Waals surface area (Å²) in [6, 6.07) is 21.6. The quantitative estimate of drug-likeness (QED) is 0.167. The maximum atomic E-state index is 11.2. The Morgan fingerprint density at radius 3 is 2.37 bits per heavy atom. The van der Waals surface area contributed by atoms with Gasteiger partial charge in [-0.25, -0.2) is 4.98 Å². The lowest BCUT2D eigenvalue weighted by Gasteiger charge is -2.12. The number of aromatic nitrogens is 2. The van der Waals surface area contributed by atoms with Gasteiger partial charge in [-0.1, -0.05) is 42.5 Å². The van der Waals surface area contributed by atoms with E-state index in [1.165, 1.54) is 5.56 Å². The molecule has 0 saturated carbocycles. The molecule has 0 unspecified atom stereocenters. The molecule has 0 aliphatic rings. The monoisotopic (exact) mass is 527 g/mol. The van der Waals surface area contributed by atoms with Crippen LogP contribution in [0.1, 0.15) is 33.4 Å². The van der Waals surface area contributed by atoms with Crippen LogP contribution in [0.5, 0.6) is 5.75 Å². The average Bonchev–Trinajstić information content (AvgIpc) is 2.86. The Morgan fingerprint density at radius 1 is 0.868 bits per heavy atom. The Bertz CT molecular complexity index is 1680. The molecule has 0 atom stereocenters. The van der Waals surface area contributed by atoms with E-state index < -0.39 is 7.60 Å². The Labute approximate surface area is 221 Å². The van der Waals surface area contributed by atoms with Crippen molar-refractivity contribution >= 4 is 35.2 Å². The average molecular weight is 528 g/mol. The zero-order chi connectivity index (χ0) is 26.9. The first kappa shape index (κ1) is 25.9. The summed E-state index contributed by atoms with van der Waals surface area (Å²) < 4.78 is 17.1. The molecule has 38 heavy (non-hydrogen) atoms. The number of nitrogen functional groups attached to an aromatic ring is 1. The fourth-order valence-corrected chi connectivity index (χ4v) is 5.35. The number of rotatable bonds is 8. The number of hydrogen-bond acceptors (Lipinski definition) is 5. The lowest BCUT2D eigenvalue weighted by molar-refractivity contribution is 0.306. The van der Waals surface area contributed by atoms with Gasteiger partial charge in [0.05, 0.1) is 11.7 Å². The van der Waals surface area contributed by atoms with Gasteiger partial charge in [0.15, 0.2) is 5.82 Å². The molecular weight excluding hydrogens is 497 g/mol. The fraction of sp³-hybridized carbons (Fsp3) is 0.200. The molecule has 0 fully saturated rings. The summed E-state index contributed by atoms with van der Waals surface area (Å²) in [6.07, 6.45) is 3.35. The smallest absolute Gasteiger partial charge is 0.329 e. The predicted molar refractivity (Wildman–Crippen MR) is 151 cm³/mol. The van der Waals surface area contributed by atoms with Crippen molar-refractivity contribution in [3.05, 3.63) is 106 Å². The number of anilines is 1. The number of ether oxygens (including phenoxy) is 1. The van der Waals surface area contributed by atoms with Gasteiger partial charge in [-0.15, -0.1) is 0 Å². The maximum absolute atomic E-state index is 11.2. The largest absolute Gasteiger partial charge is 0.489 e. The van der Waals surface area contributed by atoms with E-state index in [1.54, 1.807) is 12.1 Å². The van der Waals surface area contributed by atoms with E-state index in [1.807, 2.05) is 43.5 Å². The van der Waals surface area contributed by atoms with E-state index in [2.05, 4.69) is 41.2 Å². The SMILES string of the molecule is Cc1ccc2c(c1)nc(N)c1ncc(CCc3ccc(OCc4ccc(CP(=O)(O)O)cc4)cc3C)cc12. The molecule has 8 heteroatoms. The first-order valence-electron chi connectivity index (χ1n) is 12.4. The second kappa shape index (κ2) is 10.5. The molecule has 0 aliphatic heterocycles. The number of fused-ring (bicyclic) bond motifs is 3. The van der Waals surface area contributed by atoms with Gasteiger partial charge in [0.2, 0.25) is 0 Å². The first-order valence-corrected chi connectivity index (χ1v) is 14.2. The topological polar surface area (TPSA) is 119 Å². The molecule has 0 aliphatic carbocycles. The molecule has 0 spiro atoms. The molecular formula is C30H30N3O4P. The molecule has 5 rings (SSSR count). The van der Waals surface area contributed by atoms with Crippen molar-refractivity contribution in [3.8, 4) is 5.75 Å². The second-order valence-corrected chi connectivity index (χ2v) is 11.4. The van der Waals surface area contributed by atoms with Gasteiger partial charge in [-0.2, -0.15) is 0 Å². The van der Waals surface area contributed by atoms with E-state index in [-0.39, 0.29) is 6.16 Å². The lowest BCUT2D eigenvalue weighted by atomic mass is 9.99. The Morgan fingerprint density at radius 2 is 1.63 bits per heavy atom.